The van der Waals surface area contributed by atoms with Gasteiger partial charge in [0.25, 0.3) is 0 Å². The Morgan fingerprint density at radius 3 is 2.55 bits per heavy atom. The van der Waals surface area contributed by atoms with Crippen molar-refractivity contribution in [2.75, 3.05) is 26.5 Å². The van der Waals surface area contributed by atoms with Gasteiger partial charge in [0.1, 0.15) is 5.76 Å². The van der Waals surface area contributed by atoms with Gasteiger partial charge in [0.15, 0.2) is 0 Å². The van der Waals surface area contributed by atoms with Crippen LogP contribution in [-0.4, -0.2) is 38.3 Å². The largest absolute Gasteiger partial charge is 0.466 e. The number of rotatable bonds is 9. The lowest BCUT2D eigenvalue weighted by atomic mass is 10.5. The van der Waals surface area contributed by atoms with E-state index in [1.54, 1.807) is 13.8 Å². The molecule has 0 aliphatic rings. The molecular weight excluding hydrogens is 299 g/mol. The van der Waals surface area contributed by atoms with Gasteiger partial charge in [0, 0.05) is 6.61 Å². The Balaban J connectivity index is 4.79. The Hall–Kier alpha value is -0.910. The first kappa shape index (κ1) is 19.1. The molecule has 2 N–H and O–H groups in total. The number of methoxy groups -OCH3 is 1. The van der Waals surface area contributed by atoms with Gasteiger partial charge in [-0.3, -0.25) is 0 Å². The van der Waals surface area contributed by atoms with Crippen molar-refractivity contribution in [3.05, 3.63) is 11.8 Å². The van der Waals surface area contributed by atoms with Crippen molar-refractivity contribution >= 4 is 30.0 Å². The standard InChI is InChI=1S/C12H23N2O4PS/c1-5-6-17-7-8-19(20,14-11(3)13)18-10(2)9-12(15)16-4/h9H,5-8H2,1-4H3,(H2,13,14,20). The van der Waals surface area contributed by atoms with Gasteiger partial charge in [-0.1, -0.05) is 6.92 Å². The molecule has 0 bridgehead atoms. The summed E-state index contributed by atoms with van der Waals surface area (Å²) in [5.41, 5.74) is 5.59. The summed E-state index contributed by atoms with van der Waals surface area (Å²) in [6.07, 6.45) is 0.0844. The molecule has 116 valence electrons. The fourth-order valence-electron chi connectivity index (χ4n) is 1.26. The summed E-state index contributed by atoms with van der Waals surface area (Å²) in [4.78, 5) is 11.1. The lowest BCUT2D eigenvalue weighted by Gasteiger charge is -2.19. The number of nitrogens with two attached hydrogens (primary N) is 1. The van der Waals surface area contributed by atoms with Gasteiger partial charge in [-0.2, -0.15) is 0 Å². The highest BCUT2D eigenvalue weighted by molar-refractivity contribution is 8.11. The minimum atomic E-state index is -2.54. The molecule has 1 unspecified atom stereocenters. The number of ether oxygens (including phenoxy) is 2. The van der Waals surface area contributed by atoms with Gasteiger partial charge in [0.2, 0.25) is 6.42 Å². The average molecular weight is 322 g/mol. The third-order valence-electron chi connectivity index (χ3n) is 1.99. The van der Waals surface area contributed by atoms with E-state index in [0.717, 1.165) is 6.42 Å². The van der Waals surface area contributed by atoms with E-state index >= 15 is 0 Å². The Labute approximate surface area is 125 Å². The van der Waals surface area contributed by atoms with Gasteiger partial charge in [-0.05, 0) is 32.1 Å². The topological polar surface area (TPSA) is 83.1 Å². The number of hydrogen-bond acceptors (Lipinski definition) is 5. The van der Waals surface area contributed by atoms with Crippen molar-refractivity contribution in [2.24, 2.45) is 10.5 Å². The summed E-state index contributed by atoms with van der Waals surface area (Å²) in [5, 5.41) is 0. The summed E-state index contributed by atoms with van der Waals surface area (Å²) < 4.78 is 19.8. The van der Waals surface area contributed by atoms with Gasteiger partial charge in [-0.15, -0.1) is 0 Å². The van der Waals surface area contributed by atoms with Crippen molar-refractivity contribution < 1.29 is 18.8 Å². The molecule has 0 fully saturated rings. The number of carbonyl (C=O) groups is 1. The molecule has 0 saturated carbocycles. The first-order valence-electron chi connectivity index (χ1n) is 6.28. The van der Waals surface area contributed by atoms with E-state index in [9.17, 15) is 4.79 Å². The summed E-state index contributed by atoms with van der Waals surface area (Å²) >= 11 is 5.44. The van der Waals surface area contributed by atoms with Crippen molar-refractivity contribution in [2.45, 2.75) is 27.2 Å². The predicted molar refractivity (Wildman–Crippen MR) is 84.4 cm³/mol. The molecule has 0 aliphatic heterocycles. The molecule has 0 aromatic rings. The van der Waals surface area contributed by atoms with Crippen molar-refractivity contribution in [3.8, 4) is 0 Å². The molecule has 0 spiro atoms. The van der Waals surface area contributed by atoms with Crippen LogP contribution < -0.4 is 5.73 Å². The summed E-state index contributed by atoms with van der Waals surface area (Å²) in [5.74, 6) is 0.218. The number of allylic oxidation sites excluding steroid dienone is 1. The zero-order valence-corrected chi connectivity index (χ0v) is 14.1. The molecule has 8 heteroatoms. The fourth-order valence-corrected chi connectivity index (χ4v) is 3.80. The molecule has 0 aliphatic carbocycles. The van der Waals surface area contributed by atoms with Crippen LogP contribution in [0.1, 0.15) is 27.2 Å². The van der Waals surface area contributed by atoms with Crippen LogP contribution in [0.4, 0.5) is 0 Å². The Morgan fingerprint density at radius 1 is 1.40 bits per heavy atom. The molecule has 0 amide bonds. The molecule has 6 nitrogen and oxygen atoms in total. The van der Waals surface area contributed by atoms with E-state index < -0.39 is 12.4 Å². The fraction of sp³-hybridized carbons (Fsp3) is 0.667. The zero-order valence-electron chi connectivity index (χ0n) is 12.4. The predicted octanol–water partition coefficient (Wildman–Crippen LogP) is 2.19. The second-order valence-corrected chi connectivity index (χ2v) is 7.90. The second-order valence-electron chi connectivity index (χ2n) is 4.08. The molecular formula is C12H23N2O4PS. The quantitative estimate of drug-likeness (QED) is 0.133. The third kappa shape index (κ3) is 9.07. The first-order valence-corrected chi connectivity index (χ1v) is 9.13. The zero-order chi connectivity index (χ0) is 15.6. The van der Waals surface area contributed by atoms with E-state index in [4.69, 9.17) is 26.8 Å². The molecule has 0 aromatic heterocycles. The molecule has 0 heterocycles. The molecule has 1 atom stereocenters. The van der Waals surface area contributed by atoms with Crippen molar-refractivity contribution in [1.29, 1.82) is 0 Å². The van der Waals surface area contributed by atoms with Crippen LogP contribution >= 0.6 is 6.42 Å². The van der Waals surface area contributed by atoms with Gasteiger partial charge < -0.3 is 19.7 Å². The highest BCUT2D eigenvalue weighted by Gasteiger charge is 2.19. The monoisotopic (exact) mass is 322 g/mol. The minimum absolute atomic E-state index is 0.356. The van der Waals surface area contributed by atoms with Crippen molar-refractivity contribution in [1.82, 2.24) is 0 Å². The highest BCUT2D eigenvalue weighted by Crippen LogP contribution is 2.50. The number of nitrogens with zero attached hydrogens (tertiary/aromatic N) is 1. The van der Waals surface area contributed by atoms with Crippen LogP contribution in [0.3, 0.4) is 0 Å². The van der Waals surface area contributed by atoms with E-state index in [2.05, 4.69) is 9.50 Å². The molecule has 0 aromatic carbocycles. The van der Waals surface area contributed by atoms with E-state index in [-0.39, 0.29) is 0 Å². The van der Waals surface area contributed by atoms with E-state index in [1.165, 1.54) is 13.2 Å². The maximum Gasteiger partial charge on any atom is 0.333 e. The number of esters is 1. The van der Waals surface area contributed by atoms with Crippen LogP contribution in [0.5, 0.6) is 0 Å². The Bertz CT molecular complexity index is 420. The van der Waals surface area contributed by atoms with Crippen molar-refractivity contribution in [3.63, 3.8) is 0 Å². The lowest BCUT2D eigenvalue weighted by Crippen LogP contribution is -2.09. The summed E-state index contributed by atoms with van der Waals surface area (Å²) in [7, 11) is 1.29. The van der Waals surface area contributed by atoms with Crippen LogP contribution in [0, 0.1) is 0 Å². The number of hydrogen-bond donors (Lipinski definition) is 1. The summed E-state index contributed by atoms with van der Waals surface area (Å²) in [6.45, 7) is 6.42. The minimum Gasteiger partial charge on any atom is -0.466 e. The molecule has 0 saturated heterocycles. The van der Waals surface area contributed by atoms with Gasteiger partial charge in [0.05, 0.1) is 31.8 Å². The molecule has 0 rings (SSSR count). The normalized spacial score (nSPS) is 15.6. The second kappa shape index (κ2) is 9.91. The Morgan fingerprint density at radius 2 is 2.05 bits per heavy atom. The van der Waals surface area contributed by atoms with Crippen LogP contribution in [-0.2, 0) is 30.6 Å². The first-order chi connectivity index (χ1) is 9.33. The van der Waals surface area contributed by atoms with E-state index in [0.29, 0.717) is 31.0 Å². The van der Waals surface area contributed by atoms with E-state index in [1.807, 2.05) is 6.92 Å². The highest BCUT2D eigenvalue weighted by atomic mass is 32.4. The van der Waals surface area contributed by atoms with Crippen LogP contribution in [0.15, 0.2) is 16.6 Å². The van der Waals surface area contributed by atoms with Gasteiger partial charge in [-0.25, -0.2) is 9.56 Å². The lowest BCUT2D eigenvalue weighted by molar-refractivity contribution is -0.135. The maximum atomic E-state index is 11.1. The molecule has 20 heavy (non-hydrogen) atoms. The Kier molecular flexibility index (Phi) is 9.46. The number of amidine groups is 1. The molecule has 0 radical (unpaired) electrons. The number of carbonyl (C=O) groups excluding carboxylic acids is 1. The summed E-state index contributed by atoms with van der Waals surface area (Å²) in [6, 6.07) is 0. The average Bonchev–Trinajstić information content (AvgIpc) is 2.33. The van der Waals surface area contributed by atoms with Gasteiger partial charge >= 0.3 is 5.97 Å². The maximum absolute atomic E-state index is 11.1. The smallest absolute Gasteiger partial charge is 0.333 e. The SMILES string of the molecule is CCCOCCP(=S)(N=C(C)N)OC(C)=CC(=O)OC. The van der Waals surface area contributed by atoms with Crippen LogP contribution in [0.2, 0.25) is 0 Å². The van der Waals surface area contributed by atoms with Crippen LogP contribution in [0.25, 0.3) is 0 Å². The third-order valence-corrected chi connectivity index (χ3v) is 4.94.